The van der Waals surface area contributed by atoms with E-state index in [-0.39, 0.29) is 27.6 Å². The van der Waals surface area contributed by atoms with Crippen LogP contribution in [0.3, 0.4) is 0 Å². The molecule has 0 atom stereocenters. The van der Waals surface area contributed by atoms with Crippen LogP contribution in [-0.2, 0) is 20.0 Å². The first-order valence-electron chi connectivity index (χ1n) is 8.01. The van der Waals surface area contributed by atoms with E-state index in [2.05, 4.69) is 10.0 Å². The Hall–Kier alpha value is -2.27. The van der Waals surface area contributed by atoms with Gasteiger partial charge in [0.1, 0.15) is 0 Å². The van der Waals surface area contributed by atoms with Crippen LogP contribution in [0.4, 0.5) is 5.69 Å². The zero-order valence-electron chi connectivity index (χ0n) is 15.1. The molecule has 146 valence electrons. The molecule has 0 aliphatic carbocycles. The minimum absolute atomic E-state index is 0.0387. The normalized spacial score (nSPS) is 12.0. The third-order valence-corrected chi connectivity index (χ3v) is 6.39. The summed E-state index contributed by atoms with van der Waals surface area (Å²) in [4.78, 5) is 12.4. The molecule has 0 saturated carbocycles. The molecular weight excluding hydrogens is 390 g/mol. The van der Waals surface area contributed by atoms with Crippen LogP contribution in [0.1, 0.15) is 28.4 Å². The van der Waals surface area contributed by atoms with Crippen molar-refractivity contribution in [1.29, 1.82) is 0 Å². The predicted molar refractivity (Wildman–Crippen MR) is 103 cm³/mol. The monoisotopic (exact) mass is 411 g/mol. The number of hydrogen-bond donors (Lipinski definition) is 3. The lowest BCUT2D eigenvalue weighted by Gasteiger charge is -2.13. The average molecular weight is 412 g/mol. The van der Waals surface area contributed by atoms with Crippen LogP contribution < -0.4 is 15.2 Å². The van der Waals surface area contributed by atoms with Gasteiger partial charge < -0.3 is 5.32 Å². The molecule has 0 fully saturated rings. The third-order valence-electron chi connectivity index (χ3n) is 3.96. The van der Waals surface area contributed by atoms with Crippen LogP contribution in [0, 0.1) is 13.8 Å². The number of benzene rings is 2. The van der Waals surface area contributed by atoms with Crippen molar-refractivity contribution >= 4 is 31.6 Å². The minimum Gasteiger partial charge on any atom is -0.322 e. The van der Waals surface area contributed by atoms with Crippen LogP contribution >= 0.6 is 0 Å². The number of rotatable bonds is 6. The molecule has 4 N–H and O–H groups in total. The largest absolute Gasteiger partial charge is 0.322 e. The molecular formula is C17H21N3O5S2. The van der Waals surface area contributed by atoms with Crippen molar-refractivity contribution in [3.05, 3.63) is 53.1 Å². The number of carbonyl (C=O) groups excluding carboxylic acids is 1. The Labute approximate surface area is 158 Å². The Bertz CT molecular complexity index is 1090. The number of nitrogens with two attached hydrogens (primary N) is 1. The van der Waals surface area contributed by atoms with Gasteiger partial charge in [0.2, 0.25) is 20.0 Å². The van der Waals surface area contributed by atoms with Gasteiger partial charge in [-0.1, -0.05) is 13.0 Å². The van der Waals surface area contributed by atoms with E-state index in [1.165, 1.54) is 36.4 Å². The molecule has 0 aromatic heterocycles. The first-order valence-corrected chi connectivity index (χ1v) is 11.0. The van der Waals surface area contributed by atoms with Crippen molar-refractivity contribution in [1.82, 2.24) is 4.72 Å². The van der Waals surface area contributed by atoms with Gasteiger partial charge in [-0.3, -0.25) is 4.79 Å². The topological polar surface area (TPSA) is 135 Å². The van der Waals surface area contributed by atoms with Crippen molar-refractivity contribution in [2.24, 2.45) is 5.14 Å². The van der Waals surface area contributed by atoms with Crippen LogP contribution in [0.2, 0.25) is 0 Å². The molecule has 0 heterocycles. The van der Waals surface area contributed by atoms with Crippen LogP contribution in [0.25, 0.3) is 0 Å². The molecule has 0 bridgehead atoms. The van der Waals surface area contributed by atoms with Gasteiger partial charge in [-0.25, -0.2) is 26.7 Å². The van der Waals surface area contributed by atoms with E-state index in [4.69, 9.17) is 5.14 Å². The van der Waals surface area contributed by atoms with Crippen LogP contribution in [-0.4, -0.2) is 29.3 Å². The fraction of sp³-hybridized carbons (Fsp3) is 0.235. The highest BCUT2D eigenvalue weighted by Crippen LogP contribution is 2.24. The summed E-state index contributed by atoms with van der Waals surface area (Å²) >= 11 is 0. The summed E-state index contributed by atoms with van der Waals surface area (Å²) < 4.78 is 49.8. The Morgan fingerprint density at radius 3 is 2.30 bits per heavy atom. The van der Waals surface area contributed by atoms with E-state index in [9.17, 15) is 21.6 Å². The molecule has 0 spiro atoms. The van der Waals surface area contributed by atoms with E-state index >= 15 is 0 Å². The van der Waals surface area contributed by atoms with Crippen LogP contribution in [0.15, 0.2) is 46.2 Å². The minimum atomic E-state index is -3.94. The number of carbonyl (C=O) groups is 1. The lowest BCUT2D eigenvalue weighted by atomic mass is 10.1. The van der Waals surface area contributed by atoms with Gasteiger partial charge in [-0.05, 0) is 55.3 Å². The number of hydrogen-bond acceptors (Lipinski definition) is 5. The van der Waals surface area contributed by atoms with Gasteiger partial charge >= 0.3 is 0 Å². The number of nitrogens with one attached hydrogen (secondary N) is 2. The second kappa shape index (κ2) is 7.77. The van der Waals surface area contributed by atoms with Gasteiger partial charge in [0.25, 0.3) is 5.91 Å². The van der Waals surface area contributed by atoms with Gasteiger partial charge in [0.05, 0.1) is 9.79 Å². The summed E-state index contributed by atoms with van der Waals surface area (Å²) in [5.41, 5.74) is 1.71. The van der Waals surface area contributed by atoms with Gasteiger partial charge in [0, 0.05) is 17.8 Å². The number of amides is 1. The summed E-state index contributed by atoms with van der Waals surface area (Å²) in [5, 5.41) is 7.78. The SMILES string of the molecule is CCNS(=O)(=O)c1cccc(C(=O)Nc2cc(S(N)(=O)=O)cc(C)c2C)c1. The second-order valence-electron chi connectivity index (χ2n) is 5.94. The van der Waals surface area contributed by atoms with Crippen molar-refractivity contribution < 1.29 is 21.6 Å². The Morgan fingerprint density at radius 1 is 1.04 bits per heavy atom. The van der Waals surface area contributed by atoms with Crippen molar-refractivity contribution in [2.45, 2.75) is 30.6 Å². The summed E-state index contributed by atoms with van der Waals surface area (Å²) in [5.74, 6) is -0.572. The summed E-state index contributed by atoms with van der Waals surface area (Å²) in [7, 11) is -7.64. The molecule has 0 unspecified atom stereocenters. The van der Waals surface area contributed by atoms with Crippen LogP contribution in [0.5, 0.6) is 0 Å². The third kappa shape index (κ3) is 4.92. The molecule has 8 nitrogen and oxygen atoms in total. The first kappa shape index (κ1) is 21.0. The summed E-state index contributed by atoms with van der Waals surface area (Å²) in [6.07, 6.45) is 0. The molecule has 2 rings (SSSR count). The van der Waals surface area contributed by atoms with E-state index in [0.29, 0.717) is 11.1 Å². The van der Waals surface area contributed by atoms with E-state index in [1.807, 2.05) is 0 Å². The standard InChI is InChI=1S/C17H21N3O5S2/c1-4-19-27(24,25)14-7-5-6-13(9-14)17(21)20-16-10-15(26(18,22)23)8-11(2)12(16)3/h5-10,19H,4H2,1-3H3,(H,20,21)(H2,18,22,23). The highest BCUT2D eigenvalue weighted by atomic mass is 32.2. The molecule has 0 aliphatic heterocycles. The molecule has 2 aromatic carbocycles. The highest BCUT2D eigenvalue weighted by Gasteiger charge is 2.17. The molecule has 2 aromatic rings. The van der Waals surface area contributed by atoms with Gasteiger partial charge in [-0.2, -0.15) is 0 Å². The first-order chi connectivity index (χ1) is 12.5. The number of primary sulfonamides is 1. The maximum Gasteiger partial charge on any atom is 0.255 e. The fourth-order valence-corrected chi connectivity index (χ4v) is 4.10. The van der Waals surface area contributed by atoms with E-state index in [0.717, 1.165) is 0 Å². The molecule has 1 amide bonds. The van der Waals surface area contributed by atoms with Gasteiger partial charge in [0.15, 0.2) is 0 Å². The number of aryl methyl sites for hydroxylation is 1. The lowest BCUT2D eigenvalue weighted by molar-refractivity contribution is 0.102. The summed E-state index contributed by atoms with van der Waals surface area (Å²) in [6, 6.07) is 8.24. The second-order valence-corrected chi connectivity index (χ2v) is 9.27. The summed E-state index contributed by atoms with van der Waals surface area (Å²) in [6.45, 7) is 5.29. The average Bonchev–Trinajstić information content (AvgIpc) is 2.58. The maximum absolute atomic E-state index is 12.6. The quantitative estimate of drug-likeness (QED) is 0.662. The Kier molecular flexibility index (Phi) is 6.05. The number of anilines is 1. The predicted octanol–water partition coefficient (Wildman–Crippen LogP) is 1.50. The highest BCUT2D eigenvalue weighted by molar-refractivity contribution is 7.89. The Balaban J connectivity index is 2.40. The van der Waals surface area contributed by atoms with Crippen molar-refractivity contribution in [3.63, 3.8) is 0 Å². The van der Waals surface area contributed by atoms with E-state index < -0.39 is 26.0 Å². The molecule has 10 heteroatoms. The zero-order valence-corrected chi connectivity index (χ0v) is 16.7. The molecule has 0 radical (unpaired) electrons. The van der Waals surface area contributed by atoms with Crippen molar-refractivity contribution in [2.75, 3.05) is 11.9 Å². The zero-order chi connectivity index (χ0) is 20.4. The molecule has 0 saturated heterocycles. The van der Waals surface area contributed by atoms with E-state index in [1.54, 1.807) is 20.8 Å². The number of sulfonamides is 2. The lowest BCUT2D eigenvalue weighted by Crippen LogP contribution is -2.23. The maximum atomic E-state index is 12.6. The molecule has 0 aliphatic rings. The van der Waals surface area contributed by atoms with Crippen molar-refractivity contribution in [3.8, 4) is 0 Å². The smallest absolute Gasteiger partial charge is 0.255 e. The molecule has 27 heavy (non-hydrogen) atoms. The Morgan fingerprint density at radius 2 is 1.70 bits per heavy atom. The fourth-order valence-electron chi connectivity index (χ4n) is 2.39. The van der Waals surface area contributed by atoms with Gasteiger partial charge in [-0.15, -0.1) is 0 Å².